The van der Waals surface area contributed by atoms with Crippen LogP contribution in [0.15, 0.2) is 0 Å². The molecule has 0 bridgehead atoms. The number of nitrogens with zero attached hydrogens (tertiary/aromatic N) is 1. The summed E-state index contributed by atoms with van der Waals surface area (Å²) in [5, 5.41) is 6.46. The van der Waals surface area contributed by atoms with Crippen LogP contribution in [0.4, 0.5) is 0 Å². The summed E-state index contributed by atoms with van der Waals surface area (Å²) < 4.78 is 0. The largest absolute Gasteiger partial charge is 0.353 e. The second-order valence-electron chi connectivity index (χ2n) is 5.62. The van der Waals surface area contributed by atoms with Gasteiger partial charge in [-0.05, 0) is 58.8 Å². The van der Waals surface area contributed by atoms with Gasteiger partial charge in [-0.2, -0.15) is 0 Å². The highest BCUT2D eigenvalue weighted by Crippen LogP contribution is 2.10. The average molecular weight is 269 g/mol. The van der Waals surface area contributed by atoms with Crippen LogP contribution >= 0.6 is 0 Å². The topological polar surface area (TPSA) is 44.4 Å². The number of carbonyl (C=O) groups is 1. The minimum absolute atomic E-state index is 0.180. The van der Waals surface area contributed by atoms with Gasteiger partial charge in [0, 0.05) is 12.6 Å². The van der Waals surface area contributed by atoms with E-state index in [9.17, 15) is 4.79 Å². The molecule has 0 radical (unpaired) electrons. The van der Waals surface area contributed by atoms with Gasteiger partial charge in [-0.1, -0.05) is 13.8 Å². The van der Waals surface area contributed by atoms with E-state index in [0.29, 0.717) is 6.04 Å². The first kappa shape index (κ1) is 16.4. The van der Waals surface area contributed by atoms with Crippen LogP contribution in [0.3, 0.4) is 0 Å². The van der Waals surface area contributed by atoms with Crippen molar-refractivity contribution in [1.82, 2.24) is 15.5 Å². The van der Waals surface area contributed by atoms with Crippen LogP contribution in [0, 0.1) is 5.92 Å². The maximum atomic E-state index is 12.1. The van der Waals surface area contributed by atoms with E-state index in [4.69, 9.17) is 0 Å². The molecule has 2 atom stereocenters. The standard InChI is InChI=1S/C15H31N3O/c1-4-18(5-2)11-7-8-13(3)17-15(19)14-9-6-10-16-12-14/h13-14,16H,4-12H2,1-3H3,(H,17,19)/t13?,14-/m0/s1. The molecule has 2 N–H and O–H groups in total. The van der Waals surface area contributed by atoms with Gasteiger partial charge in [-0.15, -0.1) is 0 Å². The van der Waals surface area contributed by atoms with Gasteiger partial charge in [0.25, 0.3) is 0 Å². The van der Waals surface area contributed by atoms with Crippen molar-refractivity contribution in [2.45, 2.75) is 52.5 Å². The van der Waals surface area contributed by atoms with Gasteiger partial charge in [0.05, 0.1) is 5.92 Å². The van der Waals surface area contributed by atoms with Gasteiger partial charge >= 0.3 is 0 Å². The lowest BCUT2D eigenvalue weighted by molar-refractivity contribution is -0.126. The van der Waals surface area contributed by atoms with E-state index in [1.807, 2.05) is 0 Å². The number of nitrogens with one attached hydrogen (secondary N) is 2. The molecule has 112 valence electrons. The Morgan fingerprint density at radius 2 is 2.16 bits per heavy atom. The van der Waals surface area contributed by atoms with Crippen molar-refractivity contribution in [2.24, 2.45) is 5.92 Å². The van der Waals surface area contributed by atoms with Crippen molar-refractivity contribution in [3.05, 3.63) is 0 Å². The van der Waals surface area contributed by atoms with E-state index < -0.39 is 0 Å². The van der Waals surface area contributed by atoms with Gasteiger partial charge < -0.3 is 15.5 Å². The highest BCUT2D eigenvalue weighted by atomic mass is 16.1. The lowest BCUT2D eigenvalue weighted by Crippen LogP contribution is -2.43. The van der Waals surface area contributed by atoms with E-state index in [1.165, 1.54) is 0 Å². The molecule has 0 aromatic heterocycles. The molecule has 1 rings (SSSR count). The van der Waals surface area contributed by atoms with Crippen molar-refractivity contribution in [3.63, 3.8) is 0 Å². The number of hydrogen-bond donors (Lipinski definition) is 2. The first-order valence-corrected chi connectivity index (χ1v) is 7.90. The van der Waals surface area contributed by atoms with E-state index in [-0.39, 0.29) is 11.8 Å². The number of rotatable bonds is 8. The Labute approximate surface area is 118 Å². The van der Waals surface area contributed by atoms with Crippen molar-refractivity contribution >= 4 is 5.91 Å². The molecule has 0 spiro atoms. The van der Waals surface area contributed by atoms with Gasteiger partial charge in [0.2, 0.25) is 5.91 Å². The molecule has 0 aromatic rings. The summed E-state index contributed by atoms with van der Waals surface area (Å²) in [6.45, 7) is 11.8. The molecule has 1 amide bonds. The molecule has 0 saturated carbocycles. The Morgan fingerprint density at radius 1 is 1.42 bits per heavy atom. The molecule has 1 unspecified atom stereocenters. The Balaban J connectivity index is 2.15. The molecule has 1 fully saturated rings. The quantitative estimate of drug-likeness (QED) is 0.704. The predicted octanol–water partition coefficient (Wildman–Crippen LogP) is 1.61. The van der Waals surface area contributed by atoms with E-state index in [1.54, 1.807) is 0 Å². The Bertz CT molecular complexity index is 248. The van der Waals surface area contributed by atoms with Gasteiger partial charge in [-0.3, -0.25) is 4.79 Å². The normalized spacial score (nSPS) is 21.4. The molecular weight excluding hydrogens is 238 g/mol. The molecule has 4 nitrogen and oxygen atoms in total. The van der Waals surface area contributed by atoms with Crippen LogP contribution in [-0.2, 0) is 4.79 Å². The van der Waals surface area contributed by atoms with Crippen molar-refractivity contribution in [3.8, 4) is 0 Å². The van der Waals surface area contributed by atoms with Gasteiger partial charge in [0.1, 0.15) is 0 Å². The maximum absolute atomic E-state index is 12.1. The average Bonchev–Trinajstić information content (AvgIpc) is 2.44. The Kier molecular flexibility index (Phi) is 8.07. The maximum Gasteiger partial charge on any atom is 0.224 e. The van der Waals surface area contributed by atoms with Crippen LogP contribution in [0.2, 0.25) is 0 Å². The second-order valence-corrected chi connectivity index (χ2v) is 5.62. The third kappa shape index (κ3) is 6.39. The molecular formula is C15H31N3O. The van der Waals surface area contributed by atoms with Crippen molar-refractivity contribution in [2.75, 3.05) is 32.7 Å². The zero-order chi connectivity index (χ0) is 14.1. The number of amides is 1. The van der Waals surface area contributed by atoms with Crippen LogP contribution in [0.1, 0.15) is 46.5 Å². The fourth-order valence-electron chi connectivity index (χ4n) is 2.67. The molecule has 1 aliphatic rings. The third-order valence-electron chi connectivity index (χ3n) is 4.06. The fourth-order valence-corrected chi connectivity index (χ4v) is 2.67. The molecule has 4 heteroatoms. The zero-order valence-electron chi connectivity index (χ0n) is 12.9. The zero-order valence-corrected chi connectivity index (χ0v) is 12.9. The van der Waals surface area contributed by atoms with Crippen LogP contribution < -0.4 is 10.6 Å². The Morgan fingerprint density at radius 3 is 2.74 bits per heavy atom. The summed E-state index contributed by atoms with van der Waals surface area (Å²) in [5.41, 5.74) is 0. The summed E-state index contributed by atoms with van der Waals surface area (Å²) >= 11 is 0. The highest BCUT2D eigenvalue weighted by molar-refractivity contribution is 5.79. The number of carbonyl (C=O) groups excluding carboxylic acids is 1. The molecule has 0 aliphatic carbocycles. The summed E-state index contributed by atoms with van der Waals surface area (Å²) in [4.78, 5) is 14.5. The van der Waals surface area contributed by atoms with Crippen molar-refractivity contribution < 1.29 is 4.79 Å². The predicted molar refractivity (Wildman–Crippen MR) is 80.2 cm³/mol. The smallest absolute Gasteiger partial charge is 0.224 e. The lowest BCUT2D eigenvalue weighted by atomic mass is 9.98. The molecule has 0 aromatic carbocycles. The third-order valence-corrected chi connectivity index (χ3v) is 4.06. The minimum atomic E-state index is 0.180. The molecule has 1 aliphatic heterocycles. The van der Waals surface area contributed by atoms with Gasteiger partial charge in [0.15, 0.2) is 0 Å². The SMILES string of the molecule is CCN(CC)CCCC(C)NC(=O)[C@H]1CCCNC1. The van der Waals surface area contributed by atoms with Crippen LogP contribution in [0.5, 0.6) is 0 Å². The summed E-state index contributed by atoms with van der Waals surface area (Å²) in [7, 11) is 0. The van der Waals surface area contributed by atoms with E-state index in [2.05, 4.69) is 36.3 Å². The van der Waals surface area contributed by atoms with Crippen LogP contribution in [0.25, 0.3) is 0 Å². The summed E-state index contributed by atoms with van der Waals surface area (Å²) in [5.74, 6) is 0.418. The van der Waals surface area contributed by atoms with Gasteiger partial charge in [-0.25, -0.2) is 0 Å². The number of hydrogen-bond acceptors (Lipinski definition) is 3. The summed E-state index contributed by atoms with van der Waals surface area (Å²) in [6.07, 6.45) is 4.38. The molecule has 1 heterocycles. The second kappa shape index (κ2) is 9.32. The Hall–Kier alpha value is -0.610. The molecule has 1 saturated heterocycles. The highest BCUT2D eigenvalue weighted by Gasteiger charge is 2.21. The molecule has 19 heavy (non-hydrogen) atoms. The fraction of sp³-hybridized carbons (Fsp3) is 0.933. The lowest BCUT2D eigenvalue weighted by Gasteiger charge is -2.24. The van der Waals surface area contributed by atoms with Crippen molar-refractivity contribution in [1.29, 1.82) is 0 Å². The van der Waals surface area contributed by atoms with E-state index in [0.717, 1.165) is 58.4 Å². The summed E-state index contributed by atoms with van der Waals surface area (Å²) in [6, 6.07) is 0.296. The minimum Gasteiger partial charge on any atom is -0.353 e. The first-order valence-electron chi connectivity index (χ1n) is 7.90. The van der Waals surface area contributed by atoms with Crippen LogP contribution in [-0.4, -0.2) is 49.6 Å². The number of piperidine rings is 1. The van der Waals surface area contributed by atoms with E-state index >= 15 is 0 Å². The first-order chi connectivity index (χ1) is 9.17. The monoisotopic (exact) mass is 269 g/mol.